The monoisotopic (exact) mass is 267 g/mol. The van der Waals surface area contributed by atoms with E-state index >= 15 is 0 Å². The van der Waals surface area contributed by atoms with Crippen LogP contribution in [0.2, 0.25) is 5.02 Å². The number of nitrogens with zero attached hydrogens (tertiary/aromatic N) is 3. The van der Waals surface area contributed by atoms with Crippen molar-refractivity contribution in [1.29, 1.82) is 0 Å². The molecule has 0 saturated carbocycles. The lowest BCUT2D eigenvalue weighted by atomic mass is 10.1. The van der Waals surface area contributed by atoms with Gasteiger partial charge in [-0.1, -0.05) is 23.7 Å². The highest BCUT2D eigenvalue weighted by Gasteiger charge is 2.02. The van der Waals surface area contributed by atoms with Crippen molar-refractivity contribution in [2.75, 3.05) is 0 Å². The first-order chi connectivity index (χ1) is 9.33. The van der Waals surface area contributed by atoms with Gasteiger partial charge in [0, 0.05) is 40.9 Å². The maximum atomic E-state index is 5.87. The molecule has 0 aliphatic carbocycles. The van der Waals surface area contributed by atoms with Gasteiger partial charge in [0.15, 0.2) is 5.82 Å². The molecule has 92 valence electrons. The van der Waals surface area contributed by atoms with Gasteiger partial charge in [-0.2, -0.15) is 0 Å². The fraction of sp³-hybridized carbons (Fsp3) is 0. The van der Waals surface area contributed by atoms with Crippen molar-refractivity contribution in [3.05, 3.63) is 66.2 Å². The Morgan fingerprint density at radius 1 is 0.684 bits per heavy atom. The lowest BCUT2D eigenvalue weighted by Gasteiger charge is -2.03. The number of hydrogen-bond donors (Lipinski definition) is 0. The zero-order valence-electron chi connectivity index (χ0n) is 9.99. The number of benzene rings is 1. The number of aromatic nitrogens is 3. The molecule has 4 heteroatoms. The minimum atomic E-state index is 0.695. The maximum Gasteiger partial charge on any atom is 0.159 e. The van der Waals surface area contributed by atoms with Crippen molar-refractivity contribution in [1.82, 2.24) is 15.0 Å². The van der Waals surface area contributed by atoms with Gasteiger partial charge in [0.2, 0.25) is 0 Å². The highest BCUT2D eigenvalue weighted by atomic mass is 35.5. The summed E-state index contributed by atoms with van der Waals surface area (Å²) in [6, 6.07) is 11.4. The van der Waals surface area contributed by atoms with Gasteiger partial charge in [-0.3, -0.25) is 4.98 Å². The summed E-state index contributed by atoms with van der Waals surface area (Å²) >= 11 is 5.87. The molecule has 0 N–H and O–H groups in total. The van der Waals surface area contributed by atoms with Crippen LogP contribution < -0.4 is 0 Å². The zero-order valence-corrected chi connectivity index (χ0v) is 10.7. The topological polar surface area (TPSA) is 38.7 Å². The van der Waals surface area contributed by atoms with E-state index < -0.39 is 0 Å². The quantitative estimate of drug-likeness (QED) is 0.708. The molecule has 0 atom stereocenters. The van der Waals surface area contributed by atoms with Crippen LogP contribution in [0.15, 0.2) is 61.2 Å². The van der Waals surface area contributed by atoms with Crippen LogP contribution in [0.1, 0.15) is 0 Å². The van der Waals surface area contributed by atoms with Crippen LogP contribution in [0.25, 0.3) is 22.5 Å². The Morgan fingerprint density at radius 2 is 1.32 bits per heavy atom. The molecule has 0 radical (unpaired) electrons. The van der Waals surface area contributed by atoms with Crippen molar-refractivity contribution in [3.63, 3.8) is 0 Å². The molecule has 0 unspecified atom stereocenters. The van der Waals surface area contributed by atoms with Crippen LogP contribution in [0.3, 0.4) is 0 Å². The van der Waals surface area contributed by atoms with Gasteiger partial charge in [-0.25, -0.2) is 9.97 Å². The summed E-state index contributed by atoms with van der Waals surface area (Å²) in [5.41, 5.74) is 2.97. The summed E-state index contributed by atoms with van der Waals surface area (Å²) in [5.74, 6) is 0.695. The highest BCUT2D eigenvalue weighted by Crippen LogP contribution is 2.21. The van der Waals surface area contributed by atoms with Crippen LogP contribution >= 0.6 is 11.6 Å². The minimum absolute atomic E-state index is 0.695. The first kappa shape index (κ1) is 11.8. The van der Waals surface area contributed by atoms with E-state index in [0.717, 1.165) is 21.7 Å². The fourth-order valence-electron chi connectivity index (χ4n) is 1.77. The molecule has 0 spiro atoms. The van der Waals surface area contributed by atoms with E-state index in [4.69, 9.17) is 11.6 Å². The molecule has 0 bridgehead atoms. The van der Waals surface area contributed by atoms with Crippen molar-refractivity contribution < 1.29 is 0 Å². The van der Waals surface area contributed by atoms with Crippen LogP contribution in [0, 0.1) is 0 Å². The molecule has 0 aliphatic rings. The fourth-order valence-corrected chi connectivity index (χ4v) is 1.90. The highest BCUT2D eigenvalue weighted by molar-refractivity contribution is 6.30. The maximum absolute atomic E-state index is 5.87. The lowest BCUT2D eigenvalue weighted by Crippen LogP contribution is -1.89. The molecule has 2 aromatic heterocycles. The molecule has 1 aromatic carbocycles. The second-order valence-corrected chi connectivity index (χ2v) is 4.47. The van der Waals surface area contributed by atoms with E-state index in [0.29, 0.717) is 5.82 Å². The number of halogens is 1. The second-order valence-electron chi connectivity index (χ2n) is 4.04. The SMILES string of the molecule is Clc1ccc(-c2cnc(-c3ccncc3)nc2)cc1. The molecule has 19 heavy (non-hydrogen) atoms. The van der Waals surface area contributed by atoms with E-state index in [1.165, 1.54) is 0 Å². The van der Waals surface area contributed by atoms with Crippen molar-refractivity contribution in [2.45, 2.75) is 0 Å². The summed E-state index contributed by atoms with van der Waals surface area (Å²) in [4.78, 5) is 12.7. The normalized spacial score (nSPS) is 10.4. The third-order valence-electron chi connectivity index (χ3n) is 2.77. The lowest BCUT2D eigenvalue weighted by molar-refractivity contribution is 1.17. The van der Waals surface area contributed by atoms with Crippen molar-refractivity contribution in [3.8, 4) is 22.5 Å². The van der Waals surface area contributed by atoms with Gasteiger partial charge in [0.25, 0.3) is 0 Å². The van der Waals surface area contributed by atoms with Gasteiger partial charge >= 0.3 is 0 Å². The molecule has 0 amide bonds. The van der Waals surface area contributed by atoms with Crippen LogP contribution in [-0.4, -0.2) is 15.0 Å². The van der Waals surface area contributed by atoms with E-state index in [-0.39, 0.29) is 0 Å². The first-order valence-electron chi connectivity index (χ1n) is 5.81. The van der Waals surface area contributed by atoms with Crippen molar-refractivity contribution >= 4 is 11.6 Å². The first-order valence-corrected chi connectivity index (χ1v) is 6.19. The third kappa shape index (κ3) is 2.61. The van der Waals surface area contributed by atoms with E-state index in [1.54, 1.807) is 12.4 Å². The third-order valence-corrected chi connectivity index (χ3v) is 3.02. The summed E-state index contributed by atoms with van der Waals surface area (Å²) in [7, 11) is 0. The van der Waals surface area contributed by atoms with Gasteiger partial charge < -0.3 is 0 Å². The second kappa shape index (κ2) is 5.16. The van der Waals surface area contributed by atoms with Gasteiger partial charge in [-0.05, 0) is 29.8 Å². The average Bonchev–Trinajstić information content (AvgIpc) is 2.49. The van der Waals surface area contributed by atoms with Crippen LogP contribution in [0.5, 0.6) is 0 Å². The average molecular weight is 268 g/mol. The van der Waals surface area contributed by atoms with Crippen molar-refractivity contribution in [2.24, 2.45) is 0 Å². The molecular formula is C15H10ClN3. The summed E-state index contributed by atoms with van der Waals surface area (Å²) in [6.07, 6.45) is 7.08. The predicted molar refractivity (Wildman–Crippen MR) is 75.7 cm³/mol. The Balaban J connectivity index is 1.93. The number of rotatable bonds is 2. The van der Waals surface area contributed by atoms with Crippen LogP contribution in [-0.2, 0) is 0 Å². The Kier molecular flexibility index (Phi) is 3.21. The Hall–Kier alpha value is -2.26. The van der Waals surface area contributed by atoms with Crippen LogP contribution in [0.4, 0.5) is 0 Å². The largest absolute Gasteiger partial charge is 0.265 e. The summed E-state index contributed by atoms with van der Waals surface area (Å²) in [6.45, 7) is 0. The van der Waals surface area contributed by atoms with Gasteiger partial charge in [0.05, 0.1) is 0 Å². The zero-order chi connectivity index (χ0) is 13.1. The van der Waals surface area contributed by atoms with E-state index in [9.17, 15) is 0 Å². The summed E-state index contributed by atoms with van der Waals surface area (Å²) < 4.78 is 0. The molecule has 3 nitrogen and oxygen atoms in total. The van der Waals surface area contributed by atoms with Gasteiger partial charge in [0.1, 0.15) is 0 Å². The van der Waals surface area contributed by atoms with E-state index in [1.807, 2.05) is 48.8 Å². The standard InChI is InChI=1S/C15H10ClN3/c16-14-3-1-11(2-4-14)13-9-18-15(19-10-13)12-5-7-17-8-6-12/h1-10H. The number of hydrogen-bond acceptors (Lipinski definition) is 3. The molecule has 3 aromatic rings. The molecule has 3 rings (SSSR count). The molecule has 0 saturated heterocycles. The summed E-state index contributed by atoms with van der Waals surface area (Å²) in [5, 5.41) is 0.720. The smallest absolute Gasteiger partial charge is 0.159 e. The Morgan fingerprint density at radius 3 is 1.95 bits per heavy atom. The van der Waals surface area contributed by atoms with E-state index in [2.05, 4.69) is 15.0 Å². The Labute approximate surface area is 116 Å². The Bertz CT molecular complexity index is 664. The predicted octanol–water partition coefficient (Wildman–Crippen LogP) is 3.86. The molecule has 0 fully saturated rings. The molecule has 0 aliphatic heterocycles. The number of pyridine rings is 1. The minimum Gasteiger partial charge on any atom is -0.265 e. The molecular weight excluding hydrogens is 258 g/mol. The molecule has 2 heterocycles. The van der Waals surface area contributed by atoms with Gasteiger partial charge in [-0.15, -0.1) is 0 Å².